The molecule has 2 aliphatic heterocycles. The largest absolute Gasteiger partial charge is 0.497 e. The molecule has 3 unspecified atom stereocenters. The van der Waals surface area contributed by atoms with E-state index in [1.54, 1.807) is 19.1 Å². The Bertz CT molecular complexity index is 1590. The molecule has 274 valence electrons. The highest BCUT2D eigenvalue weighted by molar-refractivity contribution is 5.90. The molecule has 0 aromatic heterocycles. The fraction of sp³-hybridized carbons (Fsp3) is 0.538. The summed E-state index contributed by atoms with van der Waals surface area (Å²) in [7, 11) is 1.61. The van der Waals surface area contributed by atoms with E-state index in [9.17, 15) is 19.2 Å². The number of nitrogens with one attached hydrogen (secondary N) is 2. The summed E-state index contributed by atoms with van der Waals surface area (Å²) < 4.78 is 17.2. The molecule has 3 amide bonds. The van der Waals surface area contributed by atoms with Crippen LogP contribution in [0.4, 0.5) is 0 Å². The quantitative estimate of drug-likeness (QED) is 0.0972. The lowest BCUT2D eigenvalue weighted by Crippen LogP contribution is -2.62. The molecule has 0 spiro atoms. The highest BCUT2D eigenvalue weighted by Gasteiger charge is 2.73. The van der Waals surface area contributed by atoms with E-state index in [4.69, 9.17) is 24.8 Å². The van der Waals surface area contributed by atoms with Crippen molar-refractivity contribution < 1.29 is 38.2 Å². The van der Waals surface area contributed by atoms with Gasteiger partial charge in [-0.3, -0.25) is 24.0 Å². The predicted molar refractivity (Wildman–Crippen MR) is 189 cm³/mol. The summed E-state index contributed by atoms with van der Waals surface area (Å²) in [5.74, 6) is 4.68. The number of primary amides is 1. The van der Waals surface area contributed by atoms with Gasteiger partial charge < -0.3 is 30.6 Å². The topological polar surface area (TPSA) is 162 Å². The van der Waals surface area contributed by atoms with Crippen LogP contribution in [0.5, 0.6) is 5.75 Å². The molecule has 2 aromatic rings. The number of unbranched alkanes of at least 4 members (excludes halogenated alkanes) is 3. The number of nitrogens with zero attached hydrogens (tertiary/aromatic N) is 1. The molecule has 3 fully saturated rings. The van der Waals surface area contributed by atoms with E-state index >= 15 is 0 Å². The van der Waals surface area contributed by atoms with Gasteiger partial charge in [-0.15, -0.1) is 0 Å². The maximum Gasteiger partial charge on any atom is 0.305 e. The summed E-state index contributed by atoms with van der Waals surface area (Å²) in [5.41, 5.74) is 6.50. The van der Waals surface area contributed by atoms with Gasteiger partial charge >= 0.3 is 5.97 Å². The fourth-order valence-corrected chi connectivity index (χ4v) is 6.92. The lowest BCUT2D eigenvalue weighted by molar-refractivity contribution is -0.220. The second kappa shape index (κ2) is 17.7. The smallest absolute Gasteiger partial charge is 0.305 e. The molecule has 0 radical (unpaired) electrons. The van der Waals surface area contributed by atoms with Crippen molar-refractivity contribution >= 4 is 23.7 Å². The fourth-order valence-electron chi connectivity index (χ4n) is 6.92. The van der Waals surface area contributed by atoms with Crippen LogP contribution >= 0.6 is 0 Å². The number of amides is 3. The standard InChI is InChI=1S/C39H50N4O8/c1-4-6-8-11-26-13-15-28(16-14-26)25-43-34(37(46)41-23-21-27-17-19-29(48-3)20-18-27)33-36(50-32(45)5-2)35-30(49-35)24-39(33,51-43)38(47)42-22-10-7-9-12-31(40)44/h13-20,30,33-36H,4-7,9-10,12,21-25H2,1-3H3,(H2,40,44)(H,41,46)(H,42,47)/t30?,33-,34+,35?,36?,39+/m1/s1. The van der Waals surface area contributed by atoms with E-state index in [-0.39, 0.29) is 43.7 Å². The van der Waals surface area contributed by atoms with Crippen molar-refractivity contribution in [1.29, 1.82) is 0 Å². The Hall–Kier alpha value is -4.44. The number of ether oxygens (including phenoxy) is 3. The molecule has 0 bridgehead atoms. The van der Waals surface area contributed by atoms with Gasteiger partial charge in [0, 0.05) is 44.3 Å². The van der Waals surface area contributed by atoms with Gasteiger partial charge in [-0.25, -0.2) is 0 Å². The van der Waals surface area contributed by atoms with Gasteiger partial charge in [-0.05, 0) is 61.1 Å². The SMILES string of the molecule is CCCC#Cc1ccc(CN2O[C@@]3(C(=O)NCCCCCC(N)=O)CC4OC4C(OC(=O)CC)[C@H]3[C@H]2C(=O)NCCc2ccc(OC)cc2)cc1. The number of benzene rings is 2. The van der Waals surface area contributed by atoms with Gasteiger partial charge in [0.1, 0.15) is 24.0 Å². The van der Waals surface area contributed by atoms with Gasteiger partial charge in [-0.2, -0.15) is 5.06 Å². The number of rotatable bonds is 17. The van der Waals surface area contributed by atoms with Crippen LogP contribution in [0.3, 0.4) is 0 Å². The zero-order valence-corrected chi connectivity index (χ0v) is 29.8. The van der Waals surface area contributed by atoms with Crippen LogP contribution in [0.1, 0.15) is 81.9 Å². The molecule has 51 heavy (non-hydrogen) atoms. The van der Waals surface area contributed by atoms with Gasteiger partial charge in [0.2, 0.25) is 11.8 Å². The zero-order valence-electron chi connectivity index (χ0n) is 29.8. The van der Waals surface area contributed by atoms with Crippen LogP contribution < -0.4 is 21.1 Å². The molecule has 6 atom stereocenters. The number of methoxy groups -OCH3 is 1. The summed E-state index contributed by atoms with van der Waals surface area (Å²) in [6.07, 6.45) is 3.24. The third-order valence-electron chi connectivity index (χ3n) is 9.64. The van der Waals surface area contributed by atoms with Crippen molar-refractivity contribution in [3.05, 3.63) is 65.2 Å². The first-order valence-corrected chi connectivity index (χ1v) is 18.0. The van der Waals surface area contributed by atoms with E-state index in [1.807, 2.05) is 48.5 Å². The molecule has 2 heterocycles. The third kappa shape index (κ3) is 9.47. The Kier molecular flexibility index (Phi) is 13.1. The Labute approximate surface area is 300 Å². The minimum absolute atomic E-state index is 0.127. The van der Waals surface area contributed by atoms with E-state index < -0.39 is 41.6 Å². The number of hydrogen-bond donors (Lipinski definition) is 3. The highest BCUT2D eigenvalue weighted by Crippen LogP contribution is 2.54. The second-order valence-corrected chi connectivity index (χ2v) is 13.3. The Morgan fingerprint density at radius 1 is 0.980 bits per heavy atom. The first-order chi connectivity index (χ1) is 24.7. The maximum absolute atomic E-state index is 14.3. The summed E-state index contributed by atoms with van der Waals surface area (Å²) in [6, 6.07) is 14.4. The third-order valence-corrected chi connectivity index (χ3v) is 9.64. The van der Waals surface area contributed by atoms with Crippen molar-refractivity contribution in [1.82, 2.24) is 15.7 Å². The lowest BCUT2D eigenvalue weighted by Gasteiger charge is -2.38. The number of epoxide rings is 1. The molecular formula is C39H50N4O8. The minimum Gasteiger partial charge on any atom is -0.497 e. The van der Waals surface area contributed by atoms with E-state index in [0.29, 0.717) is 38.8 Å². The maximum atomic E-state index is 14.3. The Morgan fingerprint density at radius 3 is 2.41 bits per heavy atom. The molecule has 5 rings (SSSR count). The average Bonchev–Trinajstić information content (AvgIpc) is 3.82. The number of esters is 1. The van der Waals surface area contributed by atoms with E-state index in [0.717, 1.165) is 35.3 Å². The molecule has 4 N–H and O–H groups in total. The van der Waals surface area contributed by atoms with Crippen LogP contribution in [-0.2, 0) is 46.5 Å². The Morgan fingerprint density at radius 2 is 1.73 bits per heavy atom. The predicted octanol–water partition coefficient (Wildman–Crippen LogP) is 3.33. The monoisotopic (exact) mass is 702 g/mol. The summed E-state index contributed by atoms with van der Waals surface area (Å²) in [4.78, 5) is 59.3. The number of fused-ring (bicyclic) bond motifs is 2. The van der Waals surface area contributed by atoms with E-state index in [1.165, 1.54) is 0 Å². The van der Waals surface area contributed by atoms with Crippen molar-refractivity contribution in [2.75, 3.05) is 20.2 Å². The lowest BCUT2D eigenvalue weighted by atomic mass is 9.70. The minimum atomic E-state index is -1.53. The van der Waals surface area contributed by atoms with Gasteiger partial charge in [0.25, 0.3) is 5.91 Å². The van der Waals surface area contributed by atoms with E-state index in [2.05, 4.69) is 29.4 Å². The molecule has 12 nitrogen and oxygen atoms in total. The van der Waals surface area contributed by atoms with Crippen molar-refractivity contribution in [2.45, 2.75) is 108 Å². The molecule has 2 aromatic carbocycles. The van der Waals surface area contributed by atoms with Crippen LogP contribution in [0.25, 0.3) is 0 Å². The average molecular weight is 703 g/mol. The van der Waals surface area contributed by atoms with Gasteiger partial charge in [-0.1, -0.05) is 56.4 Å². The van der Waals surface area contributed by atoms with Crippen molar-refractivity contribution in [3.8, 4) is 17.6 Å². The van der Waals surface area contributed by atoms with Crippen LogP contribution in [-0.4, -0.2) is 78.9 Å². The van der Waals surface area contributed by atoms with Gasteiger partial charge in [0.05, 0.1) is 25.7 Å². The number of hydroxylamine groups is 2. The zero-order chi connectivity index (χ0) is 36.4. The van der Waals surface area contributed by atoms with Crippen molar-refractivity contribution in [2.24, 2.45) is 11.7 Å². The number of hydrogen-bond acceptors (Lipinski definition) is 9. The molecule has 1 saturated carbocycles. The summed E-state index contributed by atoms with van der Waals surface area (Å²) in [5, 5.41) is 7.67. The number of carbonyl (C=O) groups excluding carboxylic acids is 4. The molecule has 3 aliphatic rings. The number of nitrogens with two attached hydrogens (primary N) is 1. The molecule has 12 heteroatoms. The van der Waals surface area contributed by atoms with Crippen LogP contribution in [0.15, 0.2) is 48.5 Å². The summed E-state index contributed by atoms with van der Waals surface area (Å²) >= 11 is 0. The van der Waals surface area contributed by atoms with Crippen LogP contribution in [0, 0.1) is 17.8 Å². The molecule has 2 saturated heterocycles. The molecule has 1 aliphatic carbocycles. The highest BCUT2D eigenvalue weighted by atomic mass is 16.7. The van der Waals surface area contributed by atoms with Crippen molar-refractivity contribution in [3.63, 3.8) is 0 Å². The van der Waals surface area contributed by atoms with Crippen LogP contribution in [0.2, 0.25) is 0 Å². The molecular weight excluding hydrogens is 652 g/mol. The number of carbonyl (C=O) groups is 4. The summed E-state index contributed by atoms with van der Waals surface area (Å²) in [6.45, 7) is 4.65. The first-order valence-electron chi connectivity index (χ1n) is 18.0. The van der Waals surface area contributed by atoms with Gasteiger partial charge in [0.15, 0.2) is 5.60 Å². The Balaban J connectivity index is 1.42. The first kappa shape index (κ1) is 37.8. The second-order valence-electron chi connectivity index (χ2n) is 13.3. The normalized spacial score (nSPS) is 24.6.